The van der Waals surface area contributed by atoms with Crippen molar-refractivity contribution in [2.45, 2.75) is 11.4 Å². The minimum Gasteiger partial charge on any atom is -0.494 e. The van der Waals surface area contributed by atoms with Gasteiger partial charge in [0.1, 0.15) is 4.90 Å². The zero-order valence-corrected chi connectivity index (χ0v) is 16.9. The first kappa shape index (κ1) is 19.8. The zero-order valence-electron chi connectivity index (χ0n) is 16.1. The maximum Gasteiger partial charge on any atom is 0.244 e. The molecule has 1 fully saturated rings. The number of hydrogen-bond acceptors (Lipinski definition) is 6. The second kappa shape index (κ2) is 8.11. The average Bonchev–Trinajstić information content (AvgIpc) is 3.04. The molecule has 1 aromatic carbocycles. The summed E-state index contributed by atoms with van der Waals surface area (Å²) in [5.41, 5.74) is 1.95. The minimum absolute atomic E-state index is 0.0829. The summed E-state index contributed by atoms with van der Waals surface area (Å²) in [4.78, 5) is 4.50. The summed E-state index contributed by atoms with van der Waals surface area (Å²) < 4.78 is 39.2. The molecule has 29 heavy (non-hydrogen) atoms. The number of rotatable bonds is 6. The van der Waals surface area contributed by atoms with Gasteiger partial charge in [0.15, 0.2) is 0 Å². The van der Waals surface area contributed by atoms with Crippen LogP contribution in [0.15, 0.2) is 47.5 Å². The fourth-order valence-electron chi connectivity index (χ4n) is 3.57. The highest BCUT2D eigenvalue weighted by atomic mass is 32.2. The van der Waals surface area contributed by atoms with Crippen molar-refractivity contribution < 1.29 is 23.0 Å². The van der Waals surface area contributed by atoms with Gasteiger partial charge >= 0.3 is 0 Å². The number of ether oxygens (including phenoxy) is 2. The molecular formula is C20H23N3O5S. The number of benzene rings is 1. The van der Waals surface area contributed by atoms with E-state index in [4.69, 9.17) is 9.47 Å². The van der Waals surface area contributed by atoms with Crippen molar-refractivity contribution >= 4 is 20.9 Å². The molecule has 1 saturated heterocycles. The highest BCUT2D eigenvalue weighted by Gasteiger charge is 2.27. The van der Waals surface area contributed by atoms with E-state index < -0.39 is 10.0 Å². The van der Waals surface area contributed by atoms with Gasteiger partial charge in [-0.05, 0) is 18.2 Å². The number of methoxy groups -OCH3 is 1. The van der Waals surface area contributed by atoms with Crippen LogP contribution in [0.1, 0.15) is 0 Å². The Kier molecular flexibility index (Phi) is 5.55. The van der Waals surface area contributed by atoms with Crippen molar-refractivity contribution in [2.24, 2.45) is 0 Å². The Labute approximate surface area is 169 Å². The third-order valence-electron chi connectivity index (χ3n) is 5.06. The van der Waals surface area contributed by atoms with E-state index in [1.165, 1.54) is 16.6 Å². The third kappa shape index (κ3) is 3.62. The first-order chi connectivity index (χ1) is 14.0. The Hall–Kier alpha value is -2.46. The molecular weight excluding hydrogens is 394 g/mol. The average molecular weight is 417 g/mol. The molecule has 0 atom stereocenters. The van der Waals surface area contributed by atoms with Gasteiger partial charge in [0.25, 0.3) is 0 Å². The van der Waals surface area contributed by atoms with E-state index in [1.54, 1.807) is 17.7 Å². The Morgan fingerprint density at radius 2 is 1.93 bits per heavy atom. The molecule has 1 aliphatic heterocycles. The molecule has 1 aliphatic rings. The molecule has 0 radical (unpaired) electrons. The standard InChI is InChI=1S/C20H23N3O5S/c1-27-11-10-23-18-5-3-2-4-16(18)19(20(23)24)17-7-6-15(14-21-17)29(25,26)22-8-12-28-13-9-22/h2-7,14,24H,8-13H2,1H3. The van der Waals surface area contributed by atoms with Crippen LogP contribution in [0.2, 0.25) is 0 Å². The lowest BCUT2D eigenvalue weighted by Gasteiger charge is -2.25. The molecule has 0 aliphatic carbocycles. The van der Waals surface area contributed by atoms with Gasteiger partial charge in [-0.3, -0.25) is 4.98 Å². The largest absolute Gasteiger partial charge is 0.494 e. The number of nitrogens with zero attached hydrogens (tertiary/aromatic N) is 3. The molecule has 9 heteroatoms. The number of sulfonamides is 1. The van der Waals surface area contributed by atoms with E-state index >= 15 is 0 Å². The van der Waals surface area contributed by atoms with Gasteiger partial charge in [-0.2, -0.15) is 4.31 Å². The lowest BCUT2D eigenvalue weighted by molar-refractivity contribution is 0.0730. The molecule has 2 aromatic heterocycles. The lowest BCUT2D eigenvalue weighted by atomic mass is 10.1. The summed E-state index contributed by atoms with van der Waals surface area (Å²) in [6.45, 7) is 2.39. The summed E-state index contributed by atoms with van der Waals surface area (Å²) in [6.07, 6.45) is 1.35. The molecule has 0 spiro atoms. The van der Waals surface area contributed by atoms with Gasteiger partial charge in [-0.25, -0.2) is 8.42 Å². The molecule has 1 N–H and O–H groups in total. The molecule has 4 rings (SSSR count). The number of hydrogen-bond donors (Lipinski definition) is 1. The van der Waals surface area contributed by atoms with E-state index in [-0.39, 0.29) is 10.8 Å². The number of pyridine rings is 1. The van der Waals surface area contributed by atoms with E-state index in [0.717, 1.165) is 10.9 Å². The van der Waals surface area contributed by atoms with Crippen LogP contribution in [-0.4, -0.2) is 67.4 Å². The van der Waals surface area contributed by atoms with E-state index in [9.17, 15) is 13.5 Å². The number of para-hydroxylation sites is 1. The van der Waals surface area contributed by atoms with Crippen LogP contribution >= 0.6 is 0 Å². The summed E-state index contributed by atoms with van der Waals surface area (Å²) in [5.74, 6) is 0.0829. The van der Waals surface area contributed by atoms with Gasteiger partial charge < -0.3 is 19.1 Å². The molecule has 0 unspecified atom stereocenters. The van der Waals surface area contributed by atoms with Gasteiger partial charge in [-0.15, -0.1) is 0 Å². The second-order valence-corrected chi connectivity index (χ2v) is 8.69. The van der Waals surface area contributed by atoms with Crippen molar-refractivity contribution in [3.8, 4) is 17.1 Å². The Morgan fingerprint density at radius 1 is 1.17 bits per heavy atom. The van der Waals surface area contributed by atoms with Crippen LogP contribution in [0.25, 0.3) is 22.2 Å². The highest BCUT2D eigenvalue weighted by molar-refractivity contribution is 7.89. The summed E-state index contributed by atoms with van der Waals surface area (Å²) in [7, 11) is -2.00. The number of morpholine rings is 1. The van der Waals surface area contributed by atoms with Crippen LogP contribution in [0.3, 0.4) is 0 Å². The smallest absolute Gasteiger partial charge is 0.244 e. The van der Waals surface area contributed by atoms with Gasteiger partial charge in [0.2, 0.25) is 15.9 Å². The zero-order chi connectivity index (χ0) is 20.4. The van der Waals surface area contributed by atoms with Crippen LogP contribution in [-0.2, 0) is 26.0 Å². The quantitative estimate of drug-likeness (QED) is 0.660. The highest BCUT2D eigenvalue weighted by Crippen LogP contribution is 2.38. The second-order valence-electron chi connectivity index (χ2n) is 6.76. The molecule has 154 valence electrons. The van der Waals surface area contributed by atoms with Crippen molar-refractivity contribution in [3.63, 3.8) is 0 Å². The van der Waals surface area contributed by atoms with Crippen molar-refractivity contribution in [1.29, 1.82) is 0 Å². The number of aromatic nitrogens is 2. The van der Waals surface area contributed by atoms with E-state index in [2.05, 4.69) is 4.98 Å². The molecule has 3 aromatic rings. The van der Waals surface area contributed by atoms with Crippen molar-refractivity contribution in [1.82, 2.24) is 13.9 Å². The van der Waals surface area contributed by atoms with Gasteiger partial charge in [0.05, 0.1) is 36.6 Å². The summed E-state index contributed by atoms with van der Waals surface area (Å²) in [6, 6.07) is 10.8. The van der Waals surface area contributed by atoms with Crippen LogP contribution in [0.4, 0.5) is 0 Å². The van der Waals surface area contributed by atoms with Crippen molar-refractivity contribution in [3.05, 3.63) is 42.6 Å². The van der Waals surface area contributed by atoms with Gasteiger partial charge in [-0.1, -0.05) is 18.2 Å². The molecule has 3 heterocycles. The van der Waals surface area contributed by atoms with E-state index in [0.29, 0.717) is 50.7 Å². The fourth-order valence-corrected chi connectivity index (χ4v) is 4.92. The lowest BCUT2D eigenvalue weighted by Crippen LogP contribution is -2.40. The predicted molar refractivity (Wildman–Crippen MR) is 108 cm³/mol. The van der Waals surface area contributed by atoms with Crippen LogP contribution in [0.5, 0.6) is 5.88 Å². The number of aromatic hydroxyl groups is 1. The Morgan fingerprint density at radius 3 is 2.62 bits per heavy atom. The fraction of sp³-hybridized carbons (Fsp3) is 0.350. The Balaban J connectivity index is 1.73. The maximum absolute atomic E-state index is 12.8. The third-order valence-corrected chi connectivity index (χ3v) is 6.94. The summed E-state index contributed by atoms with van der Waals surface area (Å²) >= 11 is 0. The first-order valence-corrected chi connectivity index (χ1v) is 10.8. The molecule has 0 bridgehead atoms. The number of fused-ring (bicyclic) bond motifs is 1. The summed E-state index contributed by atoms with van der Waals surface area (Å²) in [5, 5.41) is 11.7. The maximum atomic E-state index is 12.8. The molecule has 0 amide bonds. The molecule has 0 saturated carbocycles. The van der Waals surface area contributed by atoms with Crippen molar-refractivity contribution in [2.75, 3.05) is 40.0 Å². The normalized spacial score (nSPS) is 15.8. The van der Waals surface area contributed by atoms with Gasteiger partial charge in [0, 0.05) is 38.3 Å². The molecule has 8 nitrogen and oxygen atoms in total. The first-order valence-electron chi connectivity index (χ1n) is 9.37. The Bertz CT molecular complexity index is 1100. The predicted octanol–water partition coefficient (Wildman–Crippen LogP) is 2.08. The van der Waals surface area contributed by atoms with E-state index in [1.807, 2.05) is 24.3 Å². The minimum atomic E-state index is -3.61. The monoisotopic (exact) mass is 417 g/mol. The van der Waals surface area contributed by atoms with Crippen LogP contribution < -0.4 is 0 Å². The van der Waals surface area contributed by atoms with Crippen LogP contribution in [0, 0.1) is 0 Å². The topological polar surface area (TPSA) is 93.9 Å². The SMILES string of the molecule is COCCn1c(O)c(-c2ccc(S(=O)(=O)N3CCOCC3)cn2)c2ccccc21.